The number of nitrogens with one attached hydrogen (secondary N) is 5. The fourth-order valence-electron chi connectivity index (χ4n) is 3.20. The summed E-state index contributed by atoms with van der Waals surface area (Å²) < 4.78 is 4.10. The molecule has 2 heterocycles. The first-order valence-electron chi connectivity index (χ1n) is 10.2. The Morgan fingerprint density at radius 1 is 1.29 bits per heavy atom. The first kappa shape index (κ1) is 27.9. The zero-order chi connectivity index (χ0) is 24.7. The first-order chi connectivity index (χ1) is 16.3. The molecule has 2 aromatic rings. The number of carbonyl (C=O) groups is 4. The Morgan fingerprint density at radius 3 is 2.66 bits per heavy atom. The number of benzene rings is 1. The van der Waals surface area contributed by atoms with Crippen LogP contribution in [0.4, 0.5) is 23.1 Å². The number of carbonyl (C=O) groups excluding carboxylic acids is 3. The minimum absolute atomic E-state index is 0. The molecule has 0 aliphatic carbocycles. The second-order valence-corrected chi connectivity index (χ2v) is 7.34. The van der Waals surface area contributed by atoms with E-state index in [2.05, 4.69) is 36.0 Å². The monoisotopic (exact) mass is 515 g/mol. The first-order valence-corrected chi connectivity index (χ1v) is 10.2. The number of aromatic amines is 1. The zero-order valence-electron chi connectivity index (χ0n) is 17.8. The van der Waals surface area contributed by atoms with Crippen LogP contribution in [-0.4, -0.2) is 102 Å². The third kappa shape index (κ3) is 7.83. The average molecular weight is 516 g/mol. The van der Waals surface area contributed by atoms with Crippen LogP contribution in [0.3, 0.4) is 0 Å². The number of aromatic nitrogens is 2. The topological polar surface area (TPSA) is 218 Å². The summed E-state index contributed by atoms with van der Waals surface area (Å²) in [6, 6.07) is 4.85. The van der Waals surface area contributed by atoms with Gasteiger partial charge in [-0.3, -0.25) is 24.2 Å². The number of nitrogens with two attached hydrogens (primary N) is 1. The van der Waals surface area contributed by atoms with Crippen molar-refractivity contribution >= 4 is 85.2 Å². The van der Waals surface area contributed by atoms with Crippen molar-refractivity contribution in [1.29, 1.82) is 0 Å². The van der Waals surface area contributed by atoms with Crippen molar-refractivity contribution in [3.05, 3.63) is 40.2 Å². The molecule has 3 rings (SSSR count). The Labute approximate surface area is 228 Å². The van der Waals surface area contributed by atoms with Crippen LogP contribution in [0.2, 0.25) is 0 Å². The van der Waals surface area contributed by atoms with Crippen molar-refractivity contribution in [2.24, 2.45) is 0 Å². The van der Waals surface area contributed by atoms with E-state index >= 15 is 0 Å². The Kier molecular flexibility index (Phi) is 10.3. The Bertz CT molecular complexity index is 1140. The summed E-state index contributed by atoms with van der Waals surface area (Å²) in [6.07, 6.45) is -0.577. The molecule has 184 valence electrons. The number of H-pyrrole nitrogens is 1. The molecule has 8 N–H and O–H groups in total. The van der Waals surface area contributed by atoms with Crippen LogP contribution in [0.15, 0.2) is 29.1 Å². The van der Waals surface area contributed by atoms with Crippen molar-refractivity contribution in [3.63, 3.8) is 0 Å². The number of hydrogen-bond acceptors (Lipinski definition) is 11. The van der Waals surface area contributed by atoms with Crippen LogP contribution in [0.5, 0.6) is 0 Å². The second kappa shape index (κ2) is 12.9. The maximum atomic E-state index is 12.4. The van der Waals surface area contributed by atoms with Gasteiger partial charge in [0.2, 0.25) is 5.95 Å². The van der Waals surface area contributed by atoms with Crippen LogP contribution in [0, 0.1) is 0 Å². The van der Waals surface area contributed by atoms with Gasteiger partial charge in [0.05, 0.1) is 6.04 Å². The van der Waals surface area contributed by atoms with Crippen LogP contribution < -0.4 is 32.6 Å². The van der Waals surface area contributed by atoms with Gasteiger partial charge in [-0.1, -0.05) is 0 Å². The molecule has 35 heavy (non-hydrogen) atoms. The Hall–Kier alpha value is -3.36. The molecule has 0 fully saturated rings. The van der Waals surface area contributed by atoms with Gasteiger partial charge in [0, 0.05) is 30.8 Å². The quantitative estimate of drug-likeness (QED) is 0.0825. The van der Waals surface area contributed by atoms with Crippen LogP contribution in [-0.2, 0) is 19.1 Å². The van der Waals surface area contributed by atoms with Gasteiger partial charge in [0.1, 0.15) is 11.7 Å². The van der Waals surface area contributed by atoms with Crippen molar-refractivity contribution < 1.29 is 29.0 Å². The van der Waals surface area contributed by atoms with Crippen LogP contribution in [0.25, 0.3) is 0 Å². The van der Waals surface area contributed by atoms with Crippen molar-refractivity contribution in [3.8, 4) is 0 Å². The average Bonchev–Trinajstić information content (AvgIpc) is 2.80. The SMILES string of the molecule is Nc1nc2c(c(=O)[nH]1)NC(CNc1ccc(C(=O)NC(CCC(=O)OC=O)C(=O)O)cc1)CN2.[CaH2]. The number of rotatable bonds is 10. The summed E-state index contributed by atoms with van der Waals surface area (Å²) in [7, 11) is 0. The van der Waals surface area contributed by atoms with E-state index in [0.717, 1.165) is 0 Å². The van der Waals surface area contributed by atoms with E-state index in [0.29, 0.717) is 30.3 Å². The molecular weight excluding hydrogens is 490 g/mol. The number of nitrogen functional groups attached to an aromatic ring is 1. The number of fused-ring (bicyclic) bond motifs is 1. The van der Waals surface area contributed by atoms with E-state index < -0.39 is 23.9 Å². The third-order valence-corrected chi connectivity index (χ3v) is 4.92. The number of nitrogens with zero attached hydrogens (tertiary/aromatic N) is 1. The summed E-state index contributed by atoms with van der Waals surface area (Å²) in [5.74, 6) is -2.44. The molecule has 0 saturated heterocycles. The van der Waals surface area contributed by atoms with E-state index in [4.69, 9.17) is 5.73 Å². The van der Waals surface area contributed by atoms with E-state index in [1.807, 2.05) is 0 Å². The molecule has 15 heteroatoms. The summed E-state index contributed by atoms with van der Waals surface area (Å²) in [4.78, 5) is 63.6. The molecule has 2 atom stereocenters. The van der Waals surface area contributed by atoms with Crippen molar-refractivity contribution in [2.75, 3.05) is 34.8 Å². The number of amides is 1. The summed E-state index contributed by atoms with van der Waals surface area (Å²) in [6.45, 7) is 0.895. The van der Waals surface area contributed by atoms with Crippen LogP contribution in [0.1, 0.15) is 23.2 Å². The van der Waals surface area contributed by atoms with Gasteiger partial charge in [-0.05, 0) is 30.7 Å². The number of hydrogen-bond donors (Lipinski definition) is 7. The van der Waals surface area contributed by atoms with Gasteiger partial charge in [-0.2, -0.15) is 4.98 Å². The van der Waals surface area contributed by atoms with Gasteiger partial charge in [-0.15, -0.1) is 0 Å². The summed E-state index contributed by atoms with van der Waals surface area (Å²) in [5, 5.41) is 20.9. The number of esters is 1. The maximum absolute atomic E-state index is 12.4. The van der Waals surface area contributed by atoms with Crippen LogP contribution >= 0.6 is 0 Å². The van der Waals surface area contributed by atoms with E-state index in [1.165, 1.54) is 12.1 Å². The molecule has 1 aromatic heterocycles. The van der Waals surface area contributed by atoms with Crippen molar-refractivity contribution in [1.82, 2.24) is 15.3 Å². The third-order valence-electron chi connectivity index (χ3n) is 4.92. The normalized spacial score (nSPS) is 14.6. The number of carboxylic acid groups (broad SMARTS) is 1. The second-order valence-electron chi connectivity index (χ2n) is 7.34. The fourth-order valence-corrected chi connectivity index (χ4v) is 3.20. The van der Waals surface area contributed by atoms with Gasteiger partial charge < -0.3 is 36.8 Å². The molecule has 2 unspecified atom stereocenters. The number of aliphatic carboxylic acids is 1. The molecule has 14 nitrogen and oxygen atoms in total. The molecule has 1 aliphatic rings. The van der Waals surface area contributed by atoms with E-state index in [1.54, 1.807) is 12.1 Å². The van der Waals surface area contributed by atoms with Crippen molar-refractivity contribution in [2.45, 2.75) is 24.9 Å². The molecule has 1 amide bonds. The molecule has 0 spiro atoms. The summed E-state index contributed by atoms with van der Waals surface area (Å²) >= 11 is 0. The zero-order valence-corrected chi connectivity index (χ0v) is 17.8. The molecule has 1 aliphatic heterocycles. The number of ether oxygens (including phenoxy) is 1. The molecular formula is C20H25CaN7O7. The Balaban J connectivity index is 0.00000432. The van der Waals surface area contributed by atoms with Gasteiger partial charge >= 0.3 is 56.1 Å². The number of carboxylic acids is 1. The summed E-state index contributed by atoms with van der Waals surface area (Å²) in [5.41, 5.74) is 6.36. The standard InChI is InChI=1S/C20H23N7O7.Ca.2H/c21-20-26-16-15(18(31)27-20)24-12(8-23-16)7-22-11-3-1-10(2-4-11)17(30)25-13(19(32)33)5-6-14(29)34-9-28;;;/h1-4,9,12-13,22,24H,5-8H2,(H,25,30)(H,32,33)(H4,21,23,26,27,31);;;. The predicted molar refractivity (Wildman–Crippen MR) is 129 cm³/mol. The van der Waals surface area contributed by atoms with Gasteiger partial charge in [-0.25, -0.2) is 4.79 Å². The van der Waals surface area contributed by atoms with Gasteiger partial charge in [0.25, 0.3) is 11.5 Å². The molecule has 0 bridgehead atoms. The van der Waals surface area contributed by atoms with E-state index in [-0.39, 0.29) is 80.2 Å². The van der Waals surface area contributed by atoms with E-state index in [9.17, 15) is 29.1 Å². The number of anilines is 4. The molecule has 0 radical (unpaired) electrons. The predicted octanol–water partition coefficient (Wildman–Crippen LogP) is -1.58. The Morgan fingerprint density at radius 2 is 2.00 bits per heavy atom. The molecule has 0 saturated carbocycles. The molecule has 1 aromatic carbocycles. The minimum atomic E-state index is -1.33. The fraction of sp³-hybridized carbons (Fsp3) is 0.300. The van der Waals surface area contributed by atoms with Gasteiger partial charge in [0.15, 0.2) is 5.82 Å².